The van der Waals surface area contributed by atoms with Gasteiger partial charge in [0.1, 0.15) is 11.6 Å². The van der Waals surface area contributed by atoms with Crippen molar-refractivity contribution in [2.45, 2.75) is 25.5 Å². The number of halogens is 1. The van der Waals surface area contributed by atoms with Crippen LogP contribution in [-0.4, -0.2) is 45.6 Å². The van der Waals surface area contributed by atoms with Gasteiger partial charge in [0.15, 0.2) is 11.0 Å². The first kappa shape index (κ1) is 23.3. The van der Waals surface area contributed by atoms with E-state index in [4.69, 9.17) is 9.47 Å². The van der Waals surface area contributed by atoms with Gasteiger partial charge in [-0.1, -0.05) is 17.8 Å². The number of nitrogens with one attached hydrogen (secondary N) is 1. The van der Waals surface area contributed by atoms with Gasteiger partial charge in [0.2, 0.25) is 0 Å². The van der Waals surface area contributed by atoms with Gasteiger partial charge in [0, 0.05) is 11.3 Å². The van der Waals surface area contributed by atoms with Gasteiger partial charge >= 0.3 is 5.97 Å². The highest BCUT2D eigenvalue weighted by Crippen LogP contribution is 2.24. The number of amides is 1. The largest absolute Gasteiger partial charge is 0.494 e. The van der Waals surface area contributed by atoms with E-state index in [0.717, 1.165) is 11.8 Å². The zero-order valence-corrected chi connectivity index (χ0v) is 18.5. The molecule has 0 fully saturated rings. The minimum Gasteiger partial charge on any atom is -0.494 e. The van der Waals surface area contributed by atoms with Crippen molar-refractivity contribution in [1.29, 1.82) is 0 Å². The normalized spacial score (nSPS) is 10.6. The van der Waals surface area contributed by atoms with Crippen LogP contribution in [0.1, 0.15) is 30.0 Å². The summed E-state index contributed by atoms with van der Waals surface area (Å²) in [6.07, 6.45) is 0. The molecule has 32 heavy (non-hydrogen) atoms. The van der Waals surface area contributed by atoms with Crippen molar-refractivity contribution in [1.82, 2.24) is 20.1 Å². The average Bonchev–Trinajstić information content (AvgIpc) is 3.20. The van der Waals surface area contributed by atoms with Gasteiger partial charge in [-0.3, -0.25) is 14.2 Å². The Balaban J connectivity index is 1.82. The van der Waals surface area contributed by atoms with Crippen molar-refractivity contribution in [2.24, 2.45) is 0 Å². The van der Waals surface area contributed by atoms with E-state index in [2.05, 4.69) is 15.5 Å². The van der Waals surface area contributed by atoms with Crippen molar-refractivity contribution in [3.8, 4) is 11.4 Å². The van der Waals surface area contributed by atoms with E-state index < -0.39 is 11.7 Å². The number of ether oxygens (including phenoxy) is 2. The molecule has 2 aromatic carbocycles. The highest BCUT2D eigenvalue weighted by Gasteiger charge is 2.17. The fourth-order valence-electron chi connectivity index (χ4n) is 2.84. The van der Waals surface area contributed by atoms with Crippen molar-refractivity contribution in [2.75, 3.05) is 19.0 Å². The molecule has 0 saturated heterocycles. The summed E-state index contributed by atoms with van der Waals surface area (Å²) in [5.74, 6) is -0.0612. The lowest BCUT2D eigenvalue weighted by Crippen LogP contribution is -2.24. The van der Waals surface area contributed by atoms with Crippen LogP contribution in [0.2, 0.25) is 0 Å². The maximum atomic E-state index is 13.4. The first-order chi connectivity index (χ1) is 15.5. The average molecular weight is 459 g/mol. The third-order valence-corrected chi connectivity index (χ3v) is 5.13. The molecule has 0 aliphatic carbocycles. The van der Waals surface area contributed by atoms with E-state index in [1.165, 1.54) is 30.0 Å². The number of nitrogens with zero attached hydrogens (tertiary/aromatic N) is 3. The quantitative estimate of drug-likeness (QED) is 0.368. The number of carbonyl (C=O) groups excluding carboxylic acids is 2. The Kier molecular flexibility index (Phi) is 8.20. The Morgan fingerprint density at radius 2 is 1.88 bits per heavy atom. The van der Waals surface area contributed by atoms with Gasteiger partial charge in [-0.15, -0.1) is 10.2 Å². The lowest BCUT2D eigenvalue weighted by atomic mass is 10.2. The summed E-state index contributed by atoms with van der Waals surface area (Å²) in [4.78, 5) is 24.2. The summed E-state index contributed by atoms with van der Waals surface area (Å²) >= 11 is 1.18. The molecular formula is C22H23FN4O4S. The summed E-state index contributed by atoms with van der Waals surface area (Å²) < 4.78 is 25.6. The molecule has 10 heteroatoms. The van der Waals surface area contributed by atoms with Gasteiger partial charge in [-0.2, -0.15) is 0 Å². The molecule has 0 radical (unpaired) electrons. The number of benzene rings is 2. The van der Waals surface area contributed by atoms with Crippen LogP contribution in [0.3, 0.4) is 0 Å². The zero-order valence-electron chi connectivity index (χ0n) is 17.7. The SMILES string of the molecule is CCOC(=O)CSc1nnc(CNC(=O)c2cccc(F)c2)n1-c1ccc(OCC)cc1. The molecular weight excluding hydrogens is 435 g/mol. The summed E-state index contributed by atoms with van der Waals surface area (Å²) in [5.41, 5.74) is 0.939. The van der Waals surface area contributed by atoms with Gasteiger partial charge in [-0.25, -0.2) is 4.39 Å². The van der Waals surface area contributed by atoms with E-state index in [1.807, 2.05) is 31.2 Å². The fourth-order valence-corrected chi connectivity index (χ4v) is 3.61. The van der Waals surface area contributed by atoms with E-state index in [-0.39, 0.29) is 23.8 Å². The van der Waals surface area contributed by atoms with Crippen molar-refractivity contribution < 1.29 is 23.5 Å². The van der Waals surface area contributed by atoms with Crippen LogP contribution < -0.4 is 10.1 Å². The van der Waals surface area contributed by atoms with Crippen molar-refractivity contribution >= 4 is 23.6 Å². The molecule has 1 amide bonds. The van der Waals surface area contributed by atoms with E-state index in [1.54, 1.807) is 11.5 Å². The topological polar surface area (TPSA) is 95.3 Å². The number of aromatic nitrogens is 3. The first-order valence-electron chi connectivity index (χ1n) is 10.0. The summed E-state index contributed by atoms with van der Waals surface area (Å²) in [5, 5.41) is 11.6. The standard InChI is InChI=1S/C22H23FN4O4S/c1-3-30-18-10-8-17(9-11-18)27-19(25-26-22(27)32-14-20(28)31-4-2)13-24-21(29)15-6-5-7-16(23)12-15/h5-12H,3-4,13-14H2,1-2H3,(H,24,29). The van der Waals surface area contributed by atoms with Crippen LogP contribution in [0.5, 0.6) is 5.75 Å². The smallest absolute Gasteiger partial charge is 0.316 e. The van der Waals surface area contributed by atoms with Crippen LogP contribution in [0.25, 0.3) is 5.69 Å². The van der Waals surface area contributed by atoms with Gasteiger partial charge in [0.25, 0.3) is 5.91 Å². The molecule has 0 unspecified atom stereocenters. The summed E-state index contributed by atoms with van der Waals surface area (Å²) in [7, 11) is 0. The molecule has 1 aromatic heterocycles. The third kappa shape index (κ3) is 6.07. The zero-order chi connectivity index (χ0) is 22.9. The lowest BCUT2D eigenvalue weighted by molar-refractivity contribution is -0.139. The molecule has 168 valence electrons. The Morgan fingerprint density at radius 3 is 2.56 bits per heavy atom. The maximum absolute atomic E-state index is 13.4. The van der Waals surface area contributed by atoms with Crippen LogP contribution in [0.15, 0.2) is 53.7 Å². The number of esters is 1. The van der Waals surface area contributed by atoms with Crippen molar-refractivity contribution in [3.05, 3.63) is 65.7 Å². The molecule has 1 N–H and O–H groups in total. The molecule has 0 saturated carbocycles. The first-order valence-corrected chi connectivity index (χ1v) is 11.0. The Hall–Kier alpha value is -3.40. The molecule has 1 heterocycles. The minimum atomic E-state index is -0.493. The molecule has 3 aromatic rings. The second-order valence-corrected chi connectivity index (χ2v) is 7.39. The minimum absolute atomic E-state index is 0.0511. The van der Waals surface area contributed by atoms with Crippen molar-refractivity contribution in [3.63, 3.8) is 0 Å². The molecule has 0 spiro atoms. The fraction of sp³-hybridized carbons (Fsp3) is 0.273. The number of carbonyl (C=O) groups is 2. The molecule has 0 aliphatic rings. The predicted molar refractivity (Wildman–Crippen MR) is 117 cm³/mol. The van der Waals surface area contributed by atoms with E-state index in [9.17, 15) is 14.0 Å². The van der Waals surface area contributed by atoms with Crippen LogP contribution >= 0.6 is 11.8 Å². The maximum Gasteiger partial charge on any atom is 0.316 e. The second-order valence-electron chi connectivity index (χ2n) is 6.45. The third-order valence-electron chi connectivity index (χ3n) is 4.22. The predicted octanol–water partition coefficient (Wildman–Crippen LogP) is 3.39. The Labute approximate surface area is 189 Å². The summed E-state index contributed by atoms with van der Waals surface area (Å²) in [6.45, 7) is 4.53. The second kappa shape index (κ2) is 11.3. The van der Waals surface area contributed by atoms with E-state index >= 15 is 0 Å². The van der Waals surface area contributed by atoms with Gasteiger partial charge in [0.05, 0.1) is 25.5 Å². The highest BCUT2D eigenvalue weighted by molar-refractivity contribution is 7.99. The Morgan fingerprint density at radius 1 is 1.09 bits per heavy atom. The lowest BCUT2D eigenvalue weighted by Gasteiger charge is -2.12. The van der Waals surface area contributed by atoms with Crippen LogP contribution in [0.4, 0.5) is 4.39 Å². The van der Waals surface area contributed by atoms with Gasteiger partial charge in [-0.05, 0) is 56.3 Å². The summed E-state index contributed by atoms with van der Waals surface area (Å²) in [6, 6.07) is 12.7. The molecule has 0 atom stereocenters. The molecule has 8 nitrogen and oxygen atoms in total. The van der Waals surface area contributed by atoms with Crippen LogP contribution in [-0.2, 0) is 16.1 Å². The van der Waals surface area contributed by atoms with Gasteiger partial charge < -0.3 is 14.8 Å². The van der Waals surface area contributed by atoms with Crippen LogP contribution in [0, 0.1) is 5.82 Å². The molecule has 0 bridgehead atoms. The Bertz CT molecular complexity index is 1070. The molecule has 0 aliphatic heterocycles. The number of hydrogen-bond donors (Lipinski definition) is 1. The number of thioether (sulfide) groups is 1. The number of hydrogen-bond acceptors (Lipinski definition) is 7. The molecule has 3 rings (SSSR count). The monoisotopic (exact) mass is 458 g/mol. The van der Waals surface area contributed by atoms with E-state index in [0.29, 0.717) is 29.9 Å². The highest BCUT2D eigenvalue weighted by atomic mass is 32.2. The number of rotatable bonds is 10.